The second-order valence-corrected chi connectivity index (χ2v) is 4.01. The van der Waals surface area contributed by atoms with Crippen LogP contribution in [0.4, 0.5) is 11.4 Å². The van der Waals surface area contributed by atoms with Gasteiger partial charge in [-0.15, -0.1) is 0 Å². The molecule has 0 spiro atoms. The molecule has 0 saturated carbocycles. The van der Waals surface area contributed by atoms with Crippen LogP contribution in [0.25, 0.3) is 0 Å². The van der Waals surface area contributed by atoms with Crippen molar-refractivity contribution in [1.29, 1.82) is 0 Å². The number of aryl methyl sites for hydroxylation is 2. The van der Waals surface area contributed by atoms with E-state index in [0.29, 0.717) is 0 Å². The van der Waals surface area contributed by atoms with Crippen molar-refractivity contribution in [3.63, 3.8) is 0 Å². The number of hydrogen-bond donors (Lipinski definition) is 1. The van der Waals surface area contributed by atoms with Gasteiger partial charge in [0.25, 0.3) is 0 Å². The third-order valence-corrected chi connectivity index (χ3v) is 2.64. The first-order valence-electron chi connectivity index (χ1n) is 5.68. The van der Waals surface area contributed by atoms with Crippen LogP contribution in [0.1, 0.15) is 11.1 Å². The fraction of sp³-hybridized carbons (Fsp3) is 0.133. The van der Waals surface area contributed by atoms with Crippen LogP contribution in [-0.4, -0.2) is 6.34 Å². The van der Waals surface area contributed by atoms with E-state index >= 15 is 0 Å². The van der Waals surface area contributed by atoms with Gasteiger partial charge in [0, 0.05) is 5.69 Å². The summed E-state index contributed by atoms with van der Waals surface area (Å²) in [5, 5.41) is 3.16. The number of benzene rings is 2. The minimum Gasteiger partial charge on any atom is -0.346 e. The van der Waals surface area contributed by atoms with Crippen LogP contribution in [-0.2, 0) is 0 Å². The maximum absolute atomic E-state index is 4.46. The summed E-state index contributed by atoms with van der Waals surface area (Å²) in [6.45, 7) is 4.14. The molecule has 0 amide bonds. The van der Waals surface area contributed by atoms with Crippen LogP contribution < -0.4 is 5.32 Å². The van der Waals surface area contributed by atoms with Gasteiger partial charge in [-0.3, -0.25) is 0 Å². The monoisotopic (exact) mass is 224 g/mol. The lowest BCUT2D eigenvalue weighted by Gasteiger charge is -2.04. The number of nitrogens with one attached hydrogen (secondary N) is 1. The molecule has 0 unspecified atom stereocenters. The Hall–Kier alpha value is -2.09. The lowest BCUT2D eigenvalue weighted by atomic mass is 10.1. The predicted molar refractivity (Wildman–Crippen MR) is 74.1 cm³/mol. The molecule has 0 heterocycles. The van der Waals surface area contributed by atoms with Crippen LogP contribution in [0.5, 0.6) is 0 Å². The molecular weight excluding hydrogens is 208 g/mol. The van der Waals surface area contributed by atoms with Crippen molar-refractivity contribution in [3.8, 4) is 0 Å². The number of hydrogen-bond acceptors (Lipinski definition) is 1. The average molecular weight is 224 g/mol. The highest BCUT2D eigenvalue weighted by Crippen LogP contribution is 2.22. The van der Waals surface area contributed by atoms with Gasteiger partial charge in [0.05, 0.1) is 12.0 Å². The van der Waals surface area contributed by atoms with E-state index in [1.165, 1.54) is 11.1 Å². The lowest BCUT2D eigenvalue weighted by molar-refractivity contribution is 1.33. The molecule has 0 aliphatic rings. The fourth-order valence-electron chi connectivity index (χ4n) is 1.72. The summed E-state index contributed by atoms with van der Waals surface area (Å²) in [4.78, 5) is 4.46. The van der Waals surface area contributed by atoms with Crippen molar-refractivity contribution in [2.45, 2.75) is 13.8 Å². The molecule has 0 aromatic heterocycles. The van der Waals surface area contributed by atoms with Gasteiger partial charge in [0.15, 0.2) is 0 Å². The van der Waals surface area contributed by atoms with Crippen molar-refractivity contribution in [2.75, 3.05) is 5.32 Å². The molecule has 2 aromatic carbocycles. The topological polar surface area (TPSA) is 24.4 Å². The van der Waals surface area contributed by atoms with Gasteiger partial charge in [0.1, 0.15) is 0 Å². The van der Waals surface area contributed by atoms with Gasteiger partial charge >= 0.3 is 0 Å². The van der Waals surface area contributed by atoms with E-state index < -0.39 is 0 Å². The summed E-state index contributed by atoms with van der Waals surface area (Å²) in [5.41, 5.74) is 4.46. The number of anilines is 1. The molecule has 0 saturated heterocycles. The number of para-hydroxylation sites is 2. The highest BCUT2D eigenvalue weighted by molar-refractivity contribution is 5.78. The van der Waals surface area contributed by atoms with Crippen LogP contribution in [0.3, 0.4) is 0 Å². The Kier molecular flexibility index (Phi) is 3.55. The minimum atomic E-state index is 1.04. The third kappa shape index (κ3) is 2.94. The van der Waals surface area contributed by atoms with E-state index in [1.807, 2.05) is 36.4 Å². The molecule has 2 rings (SSSR count). The summed E-state index contributed by atoms with van der Waals surface area (Å²) in [6.07, 6.45) is 1.74. The van der Waals surface area contributed by atoms with Crippen LogP contribution in [0, 0.1) is 13.8 Å². The molecule has 2 aromatic rings. The number of rotatable bonds is 3. The quantitative estimate of drug-likeness (QED) is 0.616. The van der Waals surface area contributed by atoms with Crippen LogP contribution in [0.2, 0.25) is 0 Å². The Balaban J connectivity index is 2.11. The summed E-state index contributed by atoms with van der Waals surface area (Å²) in [7, 11) is 0. The third-order valence-electron chi connectivity index (χ3n) is 2.64. The van der Waals surface area contributed by atoms with Crippen molar-refractivity contribution < 1.29 is 0 Å². The molecule has 0 bridgehead atoms. The summed E-state index contributed by atoms with van der Waals surface area (Å²) in [6, 6.07) is 16.2. The zero-order valence-electron chi connectivity index (χ0n) is 10.1. The summed E-state index contributed by atoms with van der Waals surface area (Å²) >= 11 is 0. The van der Waals surface area contributed by atoms with Crippen molar-refractivity contribution in [3.05, 3.63) is 59.7 Å². The Morgan fingerprint density at radius 2 is 1.53 bits per heavy atom. The van der Waals surface area contributed by atoms with Gasteiger partial charge in [-0.05, 0) is 37.1 Å². The van der Waals surface area contributed by atoms with Gasteiger partial charge in [-0.1, -0.05) is 36.4 Å². The van der Waals surface area contributed by atoms with Crippen molar-refractivity contribution >= 4 is 17.7 Å². The first-order chi connectivity index (χ1) is 8.27. The van der Waals surface area contributed by atoms with Crippen molar-refractivity contribution in [2.24, 2.45) is 4.99 Å². The Labute approximate surface area is 102 Å². The maximum atomic E-state index is 4.46. The molecule has 17 heavy (non-hydrogen) atoms. The lowest BCUT2D eigenvalue weighted by Crippen LogP contribution is -1.94. The van der Waals surface area contributed by atoms with E-state index in [0.717, 1.165) is 11.4 Å². The second kappa shape index (κ2) is 5.30. The van der Waals surface area contributed by atoms with Gasteiger partial charge in [0.2, 0.25) is 0 Å². The zero-order valence-corrected chi connectivity index (χ0v) is 10.1. The summed E-state index contributed by atoms with van der Waals surface area (Å²) < 4.78 is 0. The van der Waals surface area contributed by atoms with E-state index in [4.69, 9.17) is 0 Å². The molecule has 0 fully saturated rings. The van der Waals surface area contributed by atoms with E-state index in [-0.39, 0.29) is 0 Å². The number of nitrogens with zero attached hydrogens (tertiary/aromatic N) is 1. The first-order valence-corrected chi connectivity index (χ1v) is 5.68. The Morgan fingerprint density at radius 3 is 2.18 bits per heavy atom. The van der Waals surface area contributed by atoms with Gasteiger partial charge < -0.3 is 5.32 Å². The normalized spacial score (nSPS) is 10.7. The molecule has 0 aliphatic carbocycles. The maximum Gasteiger partial charge on any atom is 0.0930 e. The second-order valence-electron chi connectivity index (χ2n) is 4.01. The Bertz CT molecular complexity index is 495. The first kappa shape index (κ1) is 11.4. The minimum absolute atomic E-state index is 1.04. The highest BCUT2D eigenvalue weighted by Gasteiger charge is 1.97. The van der Waals surface area contributed by atoms with Crippen LogP contribution >= 0.6 is 0 Å². The average Bonchev–Trinajstić information content (AvgIpc) is 2.34. The van der Waals surface area contributed by atoms with E-state index in [1.54, 1.807) is 6.34 Å². The van der Waals surface area contributed by atoms with Gasteiger partial charge in [-0.2, -0.15) is 0 Å². The molecule has 2 nitrogen and oxygen atoms in total. The molecule has 1 N–H and O–H groups in total. The zero-order chi connectivity index (χ0) is 12.1. The van der Waals surface area contributed by atoms with E-state index in [9.17, 15) is 0 Å². The summed E-state index contributed by atoms with van der Waals surface area (Å²) in [5.74, 6) is 0. The van der Waals surface area contributed by atoms with Crippen LogP contribution in [0.15, 0.2) is 53.5 Å². The molecule has 0 aliphatic heterocycles. The fourth-order valence-corrected chi connectivity index (χ4v) is 1.72. The number of aliphatic imine (C=N–C) groups is 1. The Morgan fingerprint density at radius 1 is 0.882 bits per heavy atom. The molecule has 86 valence electrons. The SMILES string of the molecule is Cc1cccc(C)c1N=CNc1ccccc1. The molecular formula is C15H16N2. The highest BCUT2D eigenvalue weighted by atomic mass is 14.9. The largest absolute Gasteiger partial charge is 0.346 e. The van der Waals surface area contributed by atoms with Gasteiger partial charge in [-0.25, -0.2) is 4.99 Å². The molecule has 0 atom stereocenters. The smallest absolute Gasteiger partial charge is 0.0930 e. The predicted octanol–water partition coefficient (Wildman–Crippen LogP) is 4.08. The van der Waals surface area contributed by atoms with E-state index in [2.05, 4.69) is 36.3 Å². The molecule has 2 heteroatoms. The standard InChI is InChI=1S/C15H16N2/c1-12-7-6-8-13(2)15(12)17-11-16-14-9-4-3-5-10-14/h3-11H,1-2H3,(H,16,17). The van der Waals surface area contributed by atoms with Crippen molar-refractivity contribution in [1.82, 2.24) is 0 Å². The molecule has 0 radical (unpaired) electrons.